The largest absolute Gasteiger partial charge is 0.464 e. The fourth-order valence-corrected chi connectivity index (χ4v) is 2.84. The van der Waals surface area contributed by atoms with Crippen molar-refractivity contribution < 1.29 is 14.3 Å². The van der Waals surface area contributed by atoms with Gasteiger partial charge < -0.3 is 14.2 Å². The summed E-state index contributed by atoms with van der Waals surface area (Å²) in [5.74, 6) is -0.554. The molecule has 27 heavy (non-hydrogen) atoms. The normalized spacial score (nSPS) is 11.0. The number of carbonyl (C=O) groups is 2. The van der Waals surface area contributed by atoms with Crippen LogP contribution < -0.4 is 11.2 Å². The standard InChI is InChI=1S/C17H25N5O5/c1-5-21(6-2)12(23)7-8-13(24)27-10-9-22-11-18-15-14(22)16(25)20(4)17(26)19(15)3/h11H,5-10H2,1-4H3. The third-order valence-corrected chi connectivity index (χ3v) is 4.47. The molecule has 0 fully saturated rings. The van der Waals surface area contributed by atoms with Crippen LogP contribution >= 0.6 is 0 Å². The van der Waals surface area contributed by atoms with Crippen LogP contribution in [0.2, 0.25) is 0 Å². The molecule has 1 amide bonds. The van der Waals surface area contributed by atoms with E-state index in [1.165, 1.54) is 25.0 Å². The number of esters is 1. The summed E-state index contributed by atoms with van der Waals surface area (Å²) in [6.45, 7) is 5.24. The Morgan fingerprint density at radius 2 is 1.78 bits per heavy atom. The number of aromatic nitrogens is 4. The molecule has 0 aliphatic heterocycles. The third kappa shape index (κ3) is 4.26. The van der Waals surface area contributed by atoms with Gasteiger partial charge in [-0.1, -0.05) is 0 Å². The van der Waals surface area contributed by atoms with Gasteiger partial charge in [0, 0.05) is 33.6 Å². The van der Waals surface area contributed by atoms with Crippen molar-refractivity contribution in [3.05, 3.63) is 27.2 Å². The van der Waals surface area contributed by atoms with Crippen LogP contribution in [0, 0.1) is 0 Å². The molecule has 10 nitrogen and oxygen atoms in total. The SMILES string of the molecule is CCN(CC)C(=O)CCC(=O)OCCn1cnc2c1c(=O)n(C)c(=O)n2C. The van der Waals surface area contributed by atoms with Gasteiger partial charge in [0.15, 0.2) is 11.2 Å². The molecule has 0 bridgehead atoms. The van der Waals surface area contributed by atoms with E-state index in [0.717, 1.165) is 4.57 Å². The quantitative estimate of drug-likeness (QED) is 0.579. The van der Waals surface area contributed by atoms with E-state index >= 15 is 0 Å². The molecule has 0 N–H and O–H groups in total. The Hall–Kier alpha value is -2.91. The van der Waals surface area contributed by atoms with Crippen molar-refractivity contribution >= 4 is 23.0 Å². The summed E-state index contributed by atoms with van der Waals surface area (Å²) in [7, 11) is 2.93. The summed E-state index contributed by atoms with van der Waals surface area (Å²) in [5.41, 5.74) is -0.365. The fraction of sp³-hybridized carbons (Fsp3) is 0.588. The van der Waals surface area contributed by atoms with E-state index in [4.69, 9.17) is 4.74 Å². The zero-order chi connectivity index (χ0) is 20.1. The van der Waals surface area contributed by atoms with Crippen LogP contribution in [0.15, 0.2) is 15.9 Å². The van der Waals surface area contributed by atoms with E-state index in [1.807, 2.05) is 13.8 Å². The maximum Gasteiger partial charge on any atom is 0.332 e. The van der Waals surface area contributed by atoms with Gasteiger partial charge in [-0.2, -0.15) is 0 Å². The Bertz CT molecular complexity index is 951. The summed E-state index contributed by atoms with van der Waals surface area (Å²) < 4.78 is 8.99. The first kappa shape index (κ1) is 20.4. The highest BCUT2D eigenvalue weighted by Gasteiger charge is 2.15. The number of amides is 1. The molecule has 2 aromatic heterocycles. The molecule has 0 aromatic carbocycles. The van der Waals surface area contributed by atoms with Crippen molar-refractivity contribution in [2.75, 3.05) is 19.7 Å². The van der Waals surface area contributed by atoms with Gasteiger partial charge in [-0.3, -0.25) is 23.5 Å². The number of ether oxygens (including phenoxy) is 1. The lowest BCUT2D eigenvalue weighted by Crippen LogP contribution is -2.37. The van der Waals surface area contributed by atoms with Gasteiger partial charge in [-0.25, -0.2) is 9.78 Å². The van der Waals surface area contributed by atoms with Crippen molar-refractivity contribution in [3.8, 4) is 0 Å². The topological polar surface area (TPSA) is 108 Å². The molecule has 0 saturated carbocycles. The van der Waals surface area contributed by atoms with Gasteiger partial charge in [0.05, 0.1) is 19.3 Å². The second kappa shape index (κ2) is 8.65. The van der Waals surface area contributed by atoms with Crippen LogP contribution in [0.1, 0.15) is 26.7 Å². The van der Waals surface area contributed by atoms with E-state index in [0.29, 0.717) is 13.1 Å². The van der Waals surface area contributed by atoms with Gasteiger partial charge in [0.1, 0.15) is 6.61 Å². The van der Waals surface area contributed by atoms with Gasteiger partial charge in [0.25, 0.3) is 5.56 Å². The van der Waals surface area contributed by atoms with Gasteiger partial charge in [0.2, 0.25) is 5.91 Å². The first-order chi connectivity index (χ1) is 12.8. The molecule has 2 aromatic rings. The second-order valence-corrected chi connectivity index (χ2v) is 6.10. The Kier molecular flexibility index (Phi) is 6.54. The molecule has 0 aliphatic rings. The van der Waals surface area contributed by atoms with Crippen LogP contribution in [0.3, 0.4) is 0 Å². The monoisotopic (exact) mass is 379 g/mol. The number of aryl methyl sites for hydroxylation is 1. The summed E-state index contributed by atoms with van der Waals surface area (Å²) in [4.78, 5) is 53.7. The summed E-state index contributed by atoms with van der Waals surface area (Å²) >= 11 is 0. The van der Waals surface area contributed by atoms with Gasteiger partial charge in [-0.05, 0) is 13.8 Å². The van der Waals surface area contributed by atoms with E-state index in [-0.39, 0.29) is 43.1 Å². The van der Waals surface area contributed by atoms with Crippen LogP contribution in [0.5, 0.6) is 0 Å². The Balaban J connectivity index is 1.96. The lowest BCUT2D eigenvalue weighted by Gasteiger charge is -2.18. The maximum absolute atomic E-state index is 12.3. The molecule has 0 radical (unpaired) electrons. The number of imidazole rings is 1. The molecule has 2 rings (SSSR count). The Labute approximate surface area is 156 Å². The molecular formula is C17H25N5O5. The van der Waals surface area contributed by atoms with Crippen LogP contribution in [0.25, 0.3) is 11.2 Å². The lowest BCUT2D eigenvalue weighted by molar-refractivity contribution is -0.146. The predicted molar refractivity (Wildman–Crippen MR) is 98.3 cm³/mol. The van der Waals surface area contributed by atoms with E-state index in [2.05, 4.69) is 4.98 Å². The third-order valence-electron chi connectivity index (χ3n) is 4.47. The number of carbonyl (C=O) groups excluding carboxylic acids is 2. The molecule has 0 atom stereocenters. The van der Waals surface area contributed by atoms with Gasteiger partial charge in [-0.15, -0.1) is 0 Å². The minimum atomic E-state index is -0.472. The number of fused-ring (bicyclic) bond motifs is 1. The van der Waals surface area contributed by atoms with Crippen LogP contribution in [0.4, 0.5) is 0 Å². The molecule has 0 aliphatic carbocycles. The molecule has 10 heteroatoms. The van der Waals surface area contributed by atoms with Crippen LogP contribution in [-0.2, 0) is 35.0 Å². The van der Waals surface area contributed by atoms with Gasteiger partial charge >= 0.3 is 11.7 Å². The van der Waals surface area contributed by atoms with Crippen molar-refractivity contribution in [3.63, 3.8) is 0 Å². The fourth-order valence-electron chi connectivity index (χ4n) is 2.84. The number of nitrogens with zero attached hydrogens (tertiary/aromatic N) is 5. The molecule has 148 valence electrons. The van der Waals surface area contributed by atoms with Crippen LogP contribution in [-0.4, -0.2) is 55.2 Å². The van der Waals surface area contributed by atoms with Crippen molar-refractivity contribution in [1.29, 1.82) is 0 Å². The van der Waals surface area contributed by atoms with E-state index < -0.39 is 17.2 Å². The second-order valence-electron chi connectivity index (χ2n) is 6.10. The first-order valence-electron chi connectivity index (χ1n) is 8.86. The highest BCUT2D eigenvalue weighted by Crippen LogP contribution is 2.06. The average molecular weight is 379 g/mol. The zero-order valence-corrected chi connectivity index (χ0v) is 16.1. The summed E-state index contributed by atoms with van der Waals surface area (Å²) in [6, 6.07) is 0. The minimum Gasteiger partial charge on any atom is -0.464 e. The highest BCUT2D eigenvalue weighted by molar-refractivity contribution is 5.81. The van der Waals surface area contributed by atoms with Crippen molar-refractivity contribution in [1.82, 2.24) is 23.6 Å². The highest BCUT2D eigenvalue weighted by atomic mass is 16.5. The maximum atomic E-state index is 12.3. The number of hydrogen-bond donors (Lipinski definition) is 0. The summed E-state index contributed by atoms with van der Waals surface area (Å²) in [5, 5.41) is 0. The molecule has 0 unspecified atom stereocenters. The predicted octanol–water partition coefficient (Wildman–Crippen LogP) is -0.374. The first-order valence-corrected chi connectivity index (χ1v) is 8.86. The van der Waals surface area contributed by atoms with E-state index in [1.54, 1.807) is 9.47 Å². The van der Waals surface area contributed by atoms with Crippen molar-refractivity contribution in [2.24, 2.45) is 14.1 Å². The van der Waals surface area contributed by atoms with Crippen molar-refractivity contribution in [2.45, 2.75) is 33.2 Å². The zero-order valence-electron chi connectivity index (χ0n) is 16.1. The molecular weight excluding hydrogens is 354 g/mol. The Morgan fingerprint density at radius 3 is 2.41 bits per heavy atom. The Morgan fingerprint density at radius 1 is 1.11 bits per heavy atom. The molecule has 0 spiro atoms. The van der Waals surface area contributed by atoms with E-state index in [9.17, 15) is 19.2 Å². The minimum absolute atomic E-state index is 0.0102. The summed E-state index contributed by atoms with van der Waals surface area (Å²) in [6.07, 6.45) is 1.55. The molecule has 2 heterocycles. The number of rotatable bonds is 8. The number of hydrogen-bond acceptors (Lipinski definition) is 6. The average Bonchev–Trinajstić information content (AvgIpc) is 3.08. The molecule has 0 saturated heterocycles. The smallest absolute Gasteiger partial charge is 0.332 e. The lowest BCUT2D eigenvalue weighted by atomic mass is 10.2.